The van der Waals surface area contributed by atoms with Crippen molar-refractivity contribution in [2.24, 2.45) is 4.99 Å². The first kappa shape index (κ1) is 17.6. The summed E-state index contributed by atoms with van der Waals surface area (Å²) in [6.07, 6.45) is 1.15. The summed E-state index contributed by atoms with van der Waals surface area (Å²) in [4.78, 5) is 18.8. The lowest BCUT2D eigenvalue weighted by Crippen LogP contribution is -2.07. The minimum absolute atomic E-state index is 0.112. The predicted octanol–water partition coefficient (Wildman–Crippen LogP) is 4.39. The fourth-order valence-corrected chi connectivity index (χ4v) is 2.88. The Hall–Kier alpha value is -3.81. The molecule has 0 amide bonds. The molecule has 0 fully saturated rings. The second-order valence-corrected chi connectivity index (χ2v) is 6.15. The van der Waals surface area contributed by atoms with Gasteiger partial charge in [0.2, 0.25) is 5.90 Å². The Kier molecular flexibility index (Phi) is 4.67. The van der Waals surface area contributed by atoms with Gasteiger partial charge in [-0.1, -0.05) is 30.3 Å². The molecule has 28 heavy (non-hydrogen) atoms. The van der Waals surface area contributed by atoms with E-state index in [9.17, 15) is 14.5 Å². The van der Waals surface area contributed by atoms with E-state index in [1.807, 2.05) is 30.3 Å². The molecule has 1 atom stereocenters. The summed E-state index contributed by atoms with van der Waals surface area (Å²) in [5.74, 6) is 0.293. The van der Waals surface area contributed by atoms with Crippen LogP contribution in [0.2, 0.25) is 0 Å². The van der Waals surface area contributed by atoms with Gasteiger partial charge in [0.15, 0.2) is 0 Å². The number of nitro groups is 1. The fraction of sp³-hybridized carbons (Fsp3) is 0.100. The van der Waals surface area contributed by atoms with Gasteiger partial charge in [0.25, 0.3) is 5.69 Å². The molecule has 0 spiro atoms. The summed E-state index contributed by atoms with van der Waals surface area (Å²) in [5.41, 5.74) is 1.90. The molecular weight excluding hydrogens is 363 g/mol. The summed E-state index contributed by atoms with van der Waals surface area (Å²) in [6, 6.07) is 16.6. The Balaban J connectivity index is 1.63. The van der Waals surface area contributed by atoms with Gasteiger partial charge in [0, 0.05) is 6.07 Å². The van der Waals surface area contributed by atoms with Crippen LogP contribution in [0, 0.1) is 15.9 Å². The van der Waals surface area contributed by atoms with Crippen molar-refractivity contribution in [3.63, 3.8) is 0 Å². The van der Waals surface area contributed by atoms with Crippen LogP contribution in [0.3, 0.4) is 0 Å². The maximum absolute atomic E-state index is 13.9. The molecule has 7 nitrogen and oxygen atoms in total. The highest BCUT2D eigenvalue weighted by Crippen LogP contribution is 2.29. The molecule has 0 bridgehead atoms. The Morgan fingerprint density at radius 1 is 1.14 bits per heavy atom. The lowest BCUT2D eigenvalue weighted by atomic mass is 10.1. The minimum Gasteiger partial charge on any atom is -0.475 e. The third-order valence-corrected chi connectivity index (χ3v) is 4.27. The third kappa shape index (κ3) is 3.66. The molecule has 8 heteroatoms. The van der Waals surface area contributed by atoms with E-state index < -0.39 is 10.7 Å². The van der Waals surface area contributed by atoms with Crippen LogP contribution in [-0.4, -0.2) is 22.4 Å². The molecular formula is C20H15FN4O3. The zero-order chi connectivity index (χ0) is 19.5. The average Bonchev–Trinajstić information content (AvgIpc) is 3.20. The van der Waals surface area contributed by atoms with E-state index in [2.05, 4.69) is 15.3 Å². The molecule has 1 aromatic heterocycles. The van der Waals surface area contributed by atoms with E-state index in [4.69, 9.17) is 4.74 Å². The Morgan fingerprint density at radius 3 is 2.68 bits per heavy atom. The van der Waals surface area contributed by atoms with Gasteiger partial charge in [0.05, 0.1) is 16.2 Å². The van der Waals surface area contributed by atoms with Crippen molar-refractivity contribution in [2.75, 3.05) is 11.9 Å². The van der Waals surface area contributed by atoms with Crippen molar-refractivity contribution >= 4 is 23.1 Å². The Bertz CT molecular complexity index is 1040. The number of benzene rings is 2. The predicted molar refractivity (Wildman–Crippen MR) is 102 cm³/mol. The number of nitrogens with zero attached hydrogens (tertiary/aromatic N) is 3. The monoisotopic (exact) mass is 378 g/mol. The number of hydrogen-bond donors (Lipinski definition) is 1. The molecule has 0 saturated carbocycles. The number of nitrogens with one attached hydrogen (secondary N) is 1. The van der Waals surface area contributed by atoms with Gasteiger partial charge in [-0.25, -0.2) is 14.4 Å². The number of aromatic nitrogens is 1. The Morgan fingerprint density at radius 2 is 1.96 bits per heavy atom. The first-order chi connectivity index (χ1) is 13.6. The maximum atomic E-state index is 13.9. The van der Waals surface area contributed by atoms with E-state index in [0.29, 0.717) is 29.6 Å². The maximum Gasteiger partial charge on any atom is 0.287 e. The van der Waals surface area contributed by atoms with Gasteiger partial charge < -0.3 is 10.1 Å². The number of pyridine rings is 1. The lowest BCUT2D eigenvalue weighted by Gasteiger charge is -2.11. The number of anilines is 2. The van der Waals surface area contributed by atoms with Crippen molar-refractivity contribution in [3.8, 4) is 0 Å². The average molecular weight is 378 g/mol. The second kappa shape index (κ2) is 7.43. The molecule has 0 unspecified atom stereocenters. The van der Waals surface area contributed by atoms with Gasteiger partial charge in [-0.3, -0.25) is 10.1 Å². The summed E-state index contributed by atoms with van der Waals surface area (Å²) in [6.45, 7) is 0.366. The molecule has 2 heterocycles. The molecule has 0 radical (unpaired) electrons. The normalized spacial score (nSPS) is 15.6. The van der Waals surface area contributed by atoms with E-state index >= 15 is 0 Å². The summed E-state index contributed by atoms with van der Waals surface area (Å²) in [7, 11) is 0. The van der Waals surface area contributed by atoms with Crippen molar-refractivity contribution in [1.29, 1.82) is 0 Å². The summed E-state index contributed by atoms with van der Waals surface area (Å²) >= 11 is 0. The van der Waals surface area contributed by atoms with Crippen LogP contribution in [0.25, 0.3) is 0 Å². The van der Waals surface area contributed by atoms with Crippen LogP contribution < -0.4 is 5.32 Å². The zero-order valence-electron chi connectivity index (χ0n) is 14.6. The Labute approximate surface area is 159 Å². The van der Waals surface area contributed by atoms with Crippen LogP contribution in [-0.2, 0) is 4.74 Å². The highest BCUT2D eigenvalue weighted by Gasteiger charge is 2.24. The highest BCUT2D eigenvalue weighted by atomic mass is 19.1. The molecule has 0 saturated heterocycles. The second-order valence-electron chi connectivity index (χ2n) is 6.15. The molecule has 4 rings (SSSR count). The van der Waals surface area contributed by atoms with Crippen LogP contribution in [0.5, 0.6) is 0 Å². The van der Waals surface area contributed by atoms with Crippen molar-refractivity contribution in [3.05, 3.63) is 93.9 Å². The lowest BCUT2D eigenvalue weighted by molar-refractivity contribution is -0.385. The molecule has 3 aromatic rings. The van der Waals surface area contributed by atoms with E-state index in [1.54, 1.807) is 6.07 Å². The molecule has 1 aliphatic heterocycles. The standard InChI is InChI=1S/C20H15FN4O3/c21-14-6-8-17(23-19-9-7-15(11-22-19)25(26)27)16(10-14)20-24-18(12-28-20)13-4-2-1-3-5-13/h1-11,18H,12H2,(H,22,23)/t18-/m1/s1. The third-order valence-electron chi connectivity index (χ3n) is 4.27. The number of hydrogen-bond acceptors (Lipinski definition) is 6. The molecule has 2 aromatic carbocycles. The fourth-order valence-electron chi connectivity index (χ4n) is 2.88. The SMILES string of the molecule is O=[N+]([O-])c1ccc(Nc2ccc(F)cc2C2=N[C@@H](c3ccccc3)CO2)nc1. The molecule has 1 N–H and O–H groups in total. The van der Waals surface area contributed by atoms with Crippen molar-refractivity contribution in [2.45, 2.75) is 6.04 Å². The summed E-state index contributed by atoms with van der Waals surface area (Å²) in [5, 5.41) is 13.8. The first-order valence-electron chi connectivity index (χ1n) is 8.53. The summed E-state index contributed by atoms with van der Waals surface area (Å²) < 4.78 is 19.6. The van der Waals surface area contributed by atoms with Gasteiger partial charge in [-0.2, -0.15) is 0 Å². The van der Waals surface area contributed by atoms with Crippen LogP contribution in [0.15, 0.2) is 71.9 Å². The number of ether oxygens (including phenoxy) is 1. The van der Waals surface area contributed by atoms with Gasteiger partial charge >= 0.3 is 0 Å². The van der Waals surface area contributed by atoms with Crippen molar-refractivity contribution < 1.29 is 14.1 Å². The zero-order valence-corrected chi connectivity index (χ0v) is 14.6. The van der Waals surface area contributed by atoms with Gasteiger partial charge in [-0.05, 0) is 29.8 Å². The quantitative estimate of drug-likeness (QED) is 0.525. The van der Waals surface area contributed by atoms with E-state index in [0.717, 1.165) is 11.8 Å². The topological polar surface area (TPSA) is 89.7 Å². The largest absolute Gasteiger partial charge is 0.475 e. The number of aliphatic imine (C=N–C) groups is 1. The van der Waals surface area contributed by atoms with E-state index in [-0.39, 0.29) is 11.7 Å². The van der Waals surface area contributed by atoms with Gasteiger partial charge in [0.1, 0.15) is 30.5 Å². The molecule has 1 aliphatic rings. The molecule has 140 valence electrons. The minimum atomic E-state index is -0.523. The number of rotatable bonds is 5. The van der Waals surface area contributed by atoms with Crippen LogP contribution >= 0.6 is 0 Å². The van der Waals surface area contributed by atoms with Crippen LogP contribution in [0.1, 0.15) is 17.2 Å². The molecule has 0 aliphatic carbocycles. The number of halogens is 1. The van der Waals surface area contributed by atoms with Crippen molar-refractivity contribution in [1.82, 2.24) is 4.98 Å². The van der Waals surface area contributed by atoms with E-state index in [1.165, 1.54) is 24.3 Å². The smallest absolute Gasteiger partial charge is 0.287 e. The van der Waals surface area contributed by atoms with Gasteiger partial charge in [-0.15, -0.1) is 0 Å². The van der Waals surface area contributed by atoms with Crippen LogP contribution in [0.4, 0.5) is 21.6 Å². The first-order valence-corrected chi connectivity index (χ1v) is 8.53. The highest BCUT2D eigenvalue weighted by molar-refractivity contribution is 6.01.